The van der Waals surface area contributed by atoms with Crippen molar-refractivity contribution < 1.29 is 99.4 Å². The third kappa shape index (κ3) is 15.6. The van der Waals surface area contributed by atoms with E-state index >= 15 is 0 Å². The Hall–Kier alpha value is -2.37. The van der Waals surface area contributed by atoms with E-state index in [1.807, 2.05) is 0 Å². The highest BCUT2D eigenvalue weighted by Crippen LogP contribution is 2.61. The quantitative estimate of drug-likeness (QED) is 0.0393. The van der Waals surface area contributed by atoms with Gasteiger partial charge in [0.15, 0.2) is 17.7 Å². The van der Waals surface area contributed by atoms with E-state index in [1.54, 1.807) is 0 Å². The molecule has 2 aromatic heterocycles. The number of nitrogens with zero attached hydrogens (tertiary/aromatic N) is 4. The topological polar surface area (TPSA) is 456 Å². The Labute approximate surface area is 331 Å². The zero-order valence-electron chi connectivity index (χ0n) is 30.1. The summed E-state index contributed by atoms with van der Waals surface area (Å²) in [6.45, 7) is -0.750. The molecule has 1 aliphatic rings. The fourth-order valence-electron chi connectivity index (χ4n) is 4.63. The van der Waals surface area contributed by atoms with Crippen molar-refractivity contribution in [3.05, 3.63) is 12.7 Å². The van der Waals surface area contributed by atoms with Crippen LogP contribution in [0, 0.1) is 5.41 Å². The number of carbonyl (C=O) groups is 3. The van der Waals surface area contributed by atoms with Crippen LogP contribution >= 0.6 is 43.1 Å². The van der Waals surface area contributed by atoms with Gasteiger partial charge in [-0.2, -0.15) is 4.31 Å². The number of fused-ring (bicyclic) bond motifs is 1. The Morgan fingerprint density at radius 2 is 1.64 bits per heavy atom. The molecule has 1 aliphatic heterocycles. The van der Waals surface area contributed by atoms with Gasteiger partial charge in [0.05, 0.1) is 32.2 Å². The lowest BCUT2D eigenvalue weighted by Gasteiger charge is -2.30. The average Bonchev–Trinajstić information content (AvgIpc) is 3.66. The molecule has 8 unspecified atom stereocenters. The Kier molecular flexibility index (Phi) is 17.6. The van der Waals surface area contributed by atoms with Gasteiger partial charge < -0.3 is 66.4 Å². The van der Waals surface area contributed by atoms with Gasteiger partial charge in [-0.05, 0) is 0 Å². The number of ether oxygens (including phenoxy) is 1. The number of aliphatic hydroxyl groups excluding tert-OH is 2. The first kappa shape index (κ1) is 50.0. The van der Waals surface area contributed by atoms with Crippen molar-refractivity contribution in [2.24, 2.45) is 11.1 Å². The van der Waals surface area contributed by atoms with Crippen molar-refractivity contribution in [2.75, 3.05) is 44.4 Å². The summed E-state index contributed by atoms with van der Waals surface area (Å²) in [5.41, 5.74) is 9.62. The summed E-state index contributed by atoms with van der Waals surface area (Å²) >= 11 is 0.671. The van der Waals surface area contributed by atoms with Gasteiger partial charge in [0.2, 0.25) is 16.9 Å². The van der Waals surface area contributed by atoms with Crippen LogP contribution in [0.15, 0.2) is 12.7 Å². The van der Waals surface area contributed by atoms with Gasteiger partial charge in [0.1, 0.15) is 36.3 Å². The molecule has 0 aromatic carbocycles. The van der Waals surface area contributed by atoms with Crippen LogP contribution in [0.2, 0.25) is 0 Å². The lowest BCUT2D eigenvalue weighted by Crippen LogP contribution is -2.46. The number of phosphoric acid groups is 4. The molecule has 14 N–H and O–H groups in total. The minimum absolute atomic E-state index is 0.0108. The summed E-state index contributed by atoms with van der Waals surface area (Å²) in [6.07, 6.45) is -7.24. The van der Waals surface area contributed by atoms with Gasteiger partial charge in [-0.15, -0.1) is 0 Å². The van der Waals surface area contributed by atoms with Gasteiger partial charge in [-0.3, -0.25) is 37.0 Å². The zero-order valence-corrected chi connectivity index (χ0v) is 34.5. The van der Waals surface area contributed by atoms with E-state index < -0.39 is 110 Å². The summed E-state index contributed by atoms with van der Waals surface area (Å²) in [5, 5.41) is 25.4. The summed E-state index contributed by atoms with van der Waals surface area (Å²) in [7, 11) is -21.3. The van der Waals surface area contributed by atoms with Gasteiger partial charge in [0.25, 0.3) is 0 Å². The van der Waals surface area contributed by atoms with E-state index in [9.17, 15) is 62.4 Å². The maximum atomic E-state index is 12.7. The van der Waals surface area contributed by atoms with E-state index in [1.165, 1.54) is 13.8 Å². The second-order valence-corrected chi connectivity index (χ2v) is 19.2. The smallest absolute Gasteiger partial charge is 0.386 e. The van der Waals surface area contributed by atoms with Crippen LogP contribution in [0.5, 0.6) is 0 Å². The molecule has 34 heteroatoms. The first-order chi connectivity index (χ1) is 26.6. The van der Waals surface area contributed by atoms with Crippen molar-refractivity contribution >= 4 is 77.0 Å². The molecule has 0 spiro atoms. The highest BCUT2D eigenvalue weighted by molar-refractivity contribution is 8.13. The number of aromatic nitrogens is 4. The third-order valence-corrected chi connectivity index (χ3v) is 12.1. The van der Waals surface area contributed by atoms with E-state index in [0.717, 1.165) is 17.2 Å². The van der Waals surface area contributed by atoms with Crippen molar-refractivity contribution in [2.45, 2.75) is 57.0 Å². The van der Waals surface area contributed by atoms with Crippen molar-refractivity contribution in [1.82, 2.24) is 30.2 Å². The Morgan fingerprint density at radius 1 is 0.983 bits per heavy atom. The molecule has 58 heavy (non-hydrogen) atoms. The van der Waals surface area contributed by atoms with Crippen LogP contribution in [0.25, 0.3) is 11.2 Å². The molecule has 3 rings (SSSR count). The molecular formula is C24H42N8O21P4S. The van der Waals surface area contributed by atoms with Crippen molar-refractivity contribution in [3.63, 3.8) is 0 Å². The monoisotopic (exact) mass is 934 g/mol. The maximum absolute atomic E-state index is 12.7. The summed E-state index contributed by atoms with van der Waals surface area (Å²) in [5.74, 6) is -1.66. The molecule has 0 radical (unpaired) electrons. The van der Waals surface area contributed by atoms with E-state index in [4.69, 9.17) is 35.0 Å². The Balaban J connectivity index is 1.46. The fraction of sp³-hybridized carbons (Fsp3) is 0.667. The first-order valence-corrected chi connectivity index (χ1v) is 23.2. The summed E-state index contributed by atoms with van der Waals surface area (Å²) in [4.78, 5) is 105. The molecule has 2 amide bonds. The number of nitrogen functional groups attached to an aromatic ring is 1. The number of nitrogens with two attached hydrogens (primary N) is 2. The standard InChI is InChI=1S/C24H42N8O21P4S/c1-24(2,18(35)21(36)28-4-3-14(33)27-5-6-58-23(37)12(25)7-48-54(38,39)40)9-50-57(46,47)53-56(44,45)49-8-13-17(52-55(41,42)43)16(34)22(51-13)32-11-31-15-19(26)29-10-30-20(15)32/h10-13,16-18,22,34-35H,3-9,25H2,1-2H3,(H,27,33)(H,28,36)(H,44,45)(H,46,47)(H2,26,29,30)(H2,38,39,40)(H2,41,42,43). The van der Waals surface area contributed by atoms with Crippen molar-refractivity contribution in [1.29, 1.82) is 0 Å². The molecule has 29 nitrogen and oxygen atoms in total. The fourth-order valence-corrected chi connectivity index (χ4v) is 8.51. The van der Waals surface area contributed by atoms with E-state index in [-0.39, 0.29) is 42.2 Å². The lowest BCUT2D eigenvalue weighted by atomic mass is 9.87. The predicted molar refractivity (Wildman–Crippen MR) is 193 cm³/mol. The molecule has 2 aromatic rings. The number of anilines is 1. The molecule has 1 fully saturated rings. The lowest BCUT2D eigenvalue weighted by molar-refractivity contribution is -0.137. The van der Waals surface area contributed by atoms with E-state index in [2.05, 4.69) is 38.9 Å². The number of carbonyl (C=O) groups excluding carboxylic acids is 3. The predicted octanol–water partition coefficient (Wildman–Crippen LogP) is -2.90. The average molecular weight is 935 g/mol. The molecule has 0 saturated carbocycles. The molecule has 0 aliphatic carbocycles. The number of imidazole rings is 1. The number of hydrogen-bond acceptors (Lipinski definition) is 21. The SMILES string of the molecule is CC(C)(COP(=O)(O)OP(=O)(O)OCC1OC(n2cnc3c(N)ncnc32)C(O)C1OP(=O)(O)O)C(O)C(=O)NCCC(=O)NCCSC(=O)C(N)COP(=O)(O)O. The van der Waals surface area contributed by atoms with Crippen LogP contribution in [-0.2, 0) is 59.8 Å². The van der Waals surface area contributed by atoms with Crippen LogP contribution < -0.4 is 22.1 Å². The number of rotatable bonds is 23. The Morgan fingerprint density at radius 3 is 2.28 bits per heavy atom. The van der Waals surface area contributed by atoms with E-state index in [0.29, 0.717) is 11.8 Å². The molecule has 330 valence electrons. The number of nitrogens with one attached hydrogen (secondary N) is 2. The second-order valence-electron chi connectivity index (χ2n) is 12.6. The second kappa shape index (κ2) is 20.5. The minimum Gasteiger partial charge on any atom is -0.386 e. The molecule has 8 atom stereocenters. The molecule has 3 heterocycles. The number of amides is 2. The molecule has 1 saturated heterocycles. The number of hydrogen-bond donors (Lipinski definition) is 12. The van der Waals surface area contributed by atoms with Crippen LogP contribution in [0.3, 0.4) is 0 Å². The van der Waals surface area contributed by atoms with Gasteiger partial charge in [0, 0.05) is 30.7 Å². The zero-order chi connectivity index (χ0) is 43.9. The maximum Gasteiger partial charge on any atom is 0.481 e. The summed E-state index contributed by atoms with van der Waals surface area (Å²) < 4.78 is 76.8. The largest absolute Gasteiger partial charge is 0.481 e. The number of phosphoric ester groups is 4. The number of aliphatic hydroxyl groups is 2. The van der Waals surface area contributed by atoms with Gasteiger partial charge in [-0.1, -0.05) is 25.6 Å². The minimum atomic E-state index is -5.61. The highest BCUT2D eigenvalue weighted by Gasteiger charge is 2.50. The van der Waals surface area contributed by atoms with Crippen LogP contribution in [-0.4, -0.2) is 145 Å². The normalized spacial score (nSPS) is 22.2. The van der Waals surface area contributed by atoms with Crippen LogP contribution in [0.1, 0.15) is 26.5 Å². The van der Waals surface area contributed by atoms with Gasteiger partial charge in [-0.25, -0.2) is 33.2 Å². The van der Waals surface area contributed by atoms with Crippen molar-refractivity contribution in [3.8, 4) is 0 Å². The first-order valence-electron chi connectivity index (χ1n) is 16.1. The molecule has 0 bridgehead atoms. The summed E-state index contributed by atoms with van der Waals surface area (Å²) in [6, 6.07) is -1.33. The third-order valence-electron chi connectivity index (χ3n) is 7.47. The number of thioether (sulfide) groups is 1. The van der Waals surface area contributed by atoms with Gasteiger partial charge >= 0.3 is 31.3 Å². The molecular weight excluding hydrogens is 892 g/mol. The Bertz CT molecular complexity index is 1970. The van der Waals surface area contributed by atoms with Crippen LogP contribution in [0.4, 0.5) is 5.82 Å². The highest BCUT2D eigenvalue weighted by atomic mass is 32.2.